The van der Waals surface area contributed by atoms with E-state index in [1.165, 1.54) is 18.4 Å². The van der Waals surface area contributed by atoms with E-state index in [0.29, 0.717) is 0 Å². The normalized spacial score (nSPS) is 18.8. The molecule has 1 aliphatic heterocycles. The van der Waals surface area contributed by atoms with Crippen molar-refractivity contribution in [3.05, 3.63) is 47.3 Å². The molecule has 2 aliphatic rings. The molecule has 1 aromatic carbocycles. The maximum Gasteiger partial charge on any atom is 0.158 e. The van der Waals surface area contributed by atoms with Gasteiger partial charge in [-0.1, -0.05) is 6.08 Å². The van der Waals surface area contributed by atoms with Gasteiger partial charge in [0.25, 0.3) is 0 Å². The summed E-state index contributed by atoms with van der Waals surface area (Å²) in [5.41, 5.74) is 6.54. The summed E-state index contributed by atoms with van der Waals surface area (Å²) in [6.07, 6.45) is 8.92. The highest BCUT2D eigenvalue weighted by Crippen LogP contribution is 2.31. The van der Waals surface area contributed by atoms with E-state index in [9.17, 15) is 0 Å². The summed E-state index contributed by atoms with van der Waals surface area (Å²) in [4.78, 5) is 9.87. The number of aliphatic imine (C=N–C) groups is 1. The molecule has 0 radical (unpaired) electrons. The molecule has 7 heteroatoms. The Hall–Kier alpha value is -2.93. The second-order valence-electron chi connectivity index (χ2n) is 8.41. The van der Waals surface area contributed by atoms with Gasteiger partial charge >= 0.3 is 0 Å². The predicted molar refractivity (Wildman–Crippen MR) is 122 cm³/mol. The van der Waals surface area contributed by atoms with E-state index in [1.54, 1.807) is 0 Å². The van der Waals surface area contributed by atoms with E-state index >= 15 is 0 Å². The summed E-state index contributed by atoms with van der Waals surface area (Å²) < 4.78 is 0. The number of nitrogens with one attached hydrogen (secondary N) is 2. The van der Waals surface area contributed by atoms with Crippen LogP contribution in [0.15, 0.2) is 41.0 Å². The molecular formula is C23H29N7. The topological polar surface area (TPSA) is 76.2 Å². The van der Waals surface area contributed by atoms with Gasteiger partial charge in [-0.25, -0.2) is 4.99 Å². The first-order valence-electron chi connectivity index (χ1n) is 10.9. The van der Waals surface area contributed by atoms with Crippen LogP contribution in [0.3, 0.4) is 0 Å². The number of rotatable bonds is 4. The molecule has 1 fully saturated rings. The Balaban J connectivity index is 1.55. The van der Waals surface area contributed by atoms with Gasteiger partial charge in [-0.05, 0) is 63.4 Å². The molecule has 0 unspecified atom stereocenters. The average molecular weight is 404 g/mol. The maximum atomic E-state index is 5.13. The molecule has 0 spiro atoms. The van der Waals surface area contributed by atoms with Gasteiger partial charge in [0, 0.05) is 42.8 Å². The summed E-state index contributed by atoms with van der Waals surface area (Å²) in [5.74, 6) is 1.04. The fraction of sp³-hybridized carbons (Fsp3) is 0.435. The highest BCUT2D eigenvalue weighted by atomic mass is 15.3. The minimum absolute atomic E-state index is 0.960. The second kappa shape index (κ2) is 8.07. The Morgan fingerprint density at radius 2 is 1.97 bits per heavy atom. The molecule has 2 aromatic heterocycles. The van der Waals surface area contributed by atoms with Crippen LogP contribution in [0.5, 0.6) is 0 Å². The highest BCUT2D eigenvalue weighted by Gasteiger charge is 2.20. The lowest BCUT2D eigenvalue weighted by molar-refractivity contribution is 0.312. The van der Waals surface area contributed by atoms with Gasteiger partial charge in [0.05, 0.1) is 23.1 Å². The van der Waals surface area contributed by atoms with Crippen LogP contribution in [-0.2, 0) is 0 Å². The van der Waals surface area contributed by atoms with Crippen LogP contribution in [0.2, 0.25) is 0 Å². The van der Waals surface area contributed by atoms with E-state index in [0.717, 1.165) is 78.4 Å². The molecule has 0 bridgehead atoms. The van der Waals surface area contributed by atoms with Gasteiger partial charge in [0.1, 0.15) is 0 Å². The Morgan fingerprint density at radius 3 is 2.70 bits per heavy atom. The number of fused-ring (bicyclic) bond motifs is 1. The van der Waals surface area contributed by atoms with Crippen LogP contribution >= 0.6 is 0 Å². The van der Waals surface area contributed by atoms with Crippen molar-refractivity contribution < 1.29 is 0 Å². The molecule has 3 heterocycles. The first-order valence-corrected chi connectivity index (χ1v) is 10.9. The molecule has 1 saturated heterocycles. The van der Waals surface area contributed by atoms with E-state index < -0.39 is 0 Å². The molecule has 2 N–H and O–H groups in total. The summed E-state index contributed by atoms with van der Waals surface area (Å²) in [6, 6.07) is 6.34. The Morgan fingerprint density at radius 1 is 1.10 bits per heavy atom. The zero-order valence-corrected chi connectivity index (χ0v) is 17.8. The van der Waals surface area contributed by atoms with Gasteiger partial charge in [-0.3, -0.25) is 10.2 Å². The van der Waals surface area contributed by atoms with Crippen molar-refractivity contribution in [3.8, 4) is 0 Å². The fourth-order valence-corrected chi connectivity index (χ4v) is 4.39. The van der Waals surface area contributed by atoms with Crippen LogP contribution in [0.4, 0.5) is 11.5 Å². The first kappa shape index (κ1) is 19.1. The van der Waals surface area contributed by atoms with Gasteiger partial charge in [-0.2, -0.15) is 10.2 Å². The van der Waals surface area contributed by atoms with E-state index in [2.05, 4.69) is 68.4 Å². The van der Waals surface area contributed by atoms with Crippen molar-refractivity contribution in [2.45, 2.75) is 32.6 Å². The number of hydrogen-bond donors (Lipinski definition) is 2. The van der Waals surface area contributed by atoms with Gasteiger partial charge in [0.2, 0.25) is 0 Å². The van der Waals surface area contributed by atoms with Crippen molar-refractivity contribution in [1.29, 1.82) is 0 Å². The van der Waals surface area contributed by atoms with Crippen molar-refractivity contribution in [1.82, 2.24) is 25.3 Å². The number of anilines is 1. The largest absolute Gasteiger partial charge is 0.352 e. The molecule has 5 rings (SSSR count). The number of H-pyrrole nitrogens is 2. The van der Waals surface area contributed by atoms with Crippen molar-refractivity contribution >= 4 is 28.1 Å². The molecular weight excluding hydrogens is 374 g/mol. The van der Waals surface area contributed by atoms with E-state index in [1.807, 2.05) is 6.20 Å². The minimum Gasteiger partial charge on any atom is -0.352 e. The van der Waals surface area contributed by atoms with Gasteiger partial charge in [0.15, 0.2) is 5.82 Å². The standard InChI is InChI=1S/C23H29N7/c1-16-20(15-24-26-16)22(17-6-4-3-5-7-17)25-18-8-9-21-19(14-18)23(28-27-21)30-12-10-29(2)11-13-30/h6,8-9,14-15H,3-5,7,10-13H2,1-2H3,(H,24,26)(H,27,28). The molecule has 0 atom stereocenters. The molecule has 30 heavy (non-hydrogen) atoms. The van der Waals surface area contributed by atoms with Crippen LogP contribution in [0.1, 0.15) is 36.9 Å². The lowest BCUT2D eigenvalue weighted by Gasteiger charge is -2.32. The predicted octanol–water partition coefficient (Wildman–Crippen LogP) is 3.97. The van der Waals surface area contributed by atoms with E-state index in [4.69, 9.17) is 4.99 Å². The van der Waals surface area contributed by atoms with Crippen molar-refractivity contribution in [2.24, 2.45) is 4.99 Å². The highest BCUT2D eigenvalue weighted by molar-refractivity contribution is 6.14. The van der Waals surface area contributed by atoms with Crippen LogP contribution in [-0.4, -0.2) is 64.2 Å². The quantitative estimate of drug-likeness (QED) is 0.647. The number of allylic oxidation sites excluding steroid dienone is 2. The summed E-state index contributed by atoms with van der Waals surface area (Å²) in [5, 5.41) is 16.3. The molecule has 3 aromatic rings. The number of nitrogens with zero attached hydrogens (tertiary/aromatic N) is 5. The fourth-order valence-electron chi connectivity index (χ4n) is 4.39. The Kier molecular flexibility index (Phi) is 5.12. The summed E-state index contributed by atoms with van der Waals surface area (Å²) in [6.45, 7) is 6.17. The maximum absolute atomic E-state index is 5.13. The third kappa shape index (κ3) is 3.65. The number of likely N-dealkylation sites (N-methyl/N-ethyl adjacent to an activating group) is 1. The lowest BCUT2D eigenvalue weighted by atomic mass is 9.92. The molecule has 1 aliphatic carbocycles. The Bertz CT molecular complexity index is 1100. The minimum atomic E-state index is 0.960. The van der Waals surface area contributed by atoms with Crippen molar-refractivity contribution in [3.63, 3.8) is 0 Å². The van der Waals surface area contributed by atoms with Gasteiger partial charge < -0.3 is 9.80 Å². The number of aromatic amines is 2. The summed E-state index contributed by atoms with van der Waals surface area (Å²) in [7, 11) is 2.17. The smallest absolute Gasteiger partial charge is 0.158 e. The number of piperazine rings is 1. The number of benzene rings is 1. The number of aromatic nitrogens is 4. The average Bonchev–Trinajstić information content (AvgIpc) is 3.39. The molecule has 7 nitrogen and oxygen atoms in total. The van der Waals surface area contributed by atoms with Crippen LogP contribution in [0, 0.1) is 6.92 Å². The van der Waals surface area contributed by atoms with Gasteiger partial charge in [-0.15, -0.1) is 0 Å². The number of hydrogen-bond acceptors (Lipinski definition) is 5. The Labute approximate surface area is 176 Å². The first-order chi connectivity index (χ1) is 14.7. The van der Waals surface area contributed by atoms with E-state index in [-0.39, 0.29) is 0 Å². The lowest BCUT2D eigenvalue weighted by Crippen LogP contribution is -2.44. The molecule has 0 saturated carbocycles. The SMILES string of the molecule is Cc1[nH]ncc1C(=Nc1ccc2[nH]nc(N3CCN(C)CC3)c2c1)C1=CCCCC1. The van der Waals surface area contributed by atoms with Crippen LogP contribution < -0.4 is 4.90 Å². The zero-order chi connectivity index (χ0) is 20.5. The zero-order valence-electron chi connectivity index (χ0n) is 17.8. The third-order valence-electron chi connectivity index (χ3n) is 6.25. The monoisotopic (exact) mass is 403 g/mol. The molecule has 156 valence electrons. The van der Waals surface area contributed by atoms with Crippen molar-refractivity contribution in [2.75, 3.05) is 38.1 Å². The molecule has 0 amide bonds. The second-order valence-corrected chi connectivity index (χ2v) is 8.41. The summed E-state index contributed by atoms with van der Waals surface area (Å²) >= 11 is 0. The van der Waals surface area contributed by atoms with Crippen LogP contribution in [0.25, 0.3) is 10.9 Å². The third-order valence-corrected chi connectivity index (χ3v) is 6.25. The number of aryl methyl sites for hydroxylation is 1.